The minimum absolute atomic E-state index is 0.00914. The number of hydrogen-bond acceptors (Lipinski definition) is 7. The number of aliphatic imine (C=N–C) groups is 1. The van der Waals surface area contributed by atoms with Crippen molar-refractivity contribution in [2.45, 2.75) is 26.4 Å². The highest BCUT2D eigenvalue weighted by molar-refractivity contribution is 6.21. The molecule has 1 heterocycles. The van der Waals surface area contributed by atoms with Crippen molar-refractivity contribution < 1.29 is 23.8 Å². The van der Waals surface area contributed by atoms with Gasteiger partial charge < -0.3 is 24.4 Å². The zero-order chi connectivity index (χ0) is 26.5. The lowest BCUT2D eigenvalue weighted by atomic mass is 9.93. The molecule has 9 nitrogen and oxygen atoms in total. The third-order valence-electron chi connectivity index (χ3n) is 5.19. The second kappa shape index (κ2) is 10.8. The first-order valence-corrected chi connectivity index (χ1v) is 11.2. The van der Waals surface area contributed by atoms with Crippen LogP contribution in [0.25, 0.3) is 0 Å². The molecule has 0 unspecified atom stereocenters. The molecule has 1 aliphatic heterocycles. The second-order valence-electron chi connectivity index (χ2n) is 8.85. The molecule has 0 bridgehead atoms. The fourth-order valence-electron chi connectivity index (χ4n) is 3.61. The molecule has 2 amide bonds. The Morgan fingerprint density at radius 3 is 2.61 bits per heavy atom. The van der Waals surface area contributed by atoms with E-state index in [1.807, 2.05) is 6.07 Å². The van der Waals surface area contributed by atoms with Gasteiger partial charge in [-0.05, 0) is 32.9 Å². The average Bonchev–Trinajstić information content (AvgIpc) is 2.96. The van der Waals surface area contributed by atoms with E-state index in [9.17, 15) is 14.9 Å². The Balaban J connectivity index is 2.19. The SMILES string of the molecule is COc1cc2c(c(C#CCNC(=O)OC(C)(C)C)c1OC)C(c1cccc(C#N)c1)=NCC(=O)N2C. The minimum atomic E-state index is -0.634. The summed E-state index contributed by atoms with van der Waals surface area (Å²) in [5.41, 5.74) is 2.48. The lowest BCUT2D eigenvalue weighted by Gasteiger charge is -2.22. The molecule has 3 rings (SSSR count). The van der Waals surface area contributed by atoms with E-state index in [0.717, 1.165) is 0 Å². The van der Waals surface area contributed by atoms with Gasteiger partial charge in [0.25, 0.3) is 0 Å². The van der Waals surface area contributed by atoms with Gasteiger partial charge in [0.2, 0.25) is 5.91 Å². The van der Waals surface area contributed by atoms with Crippen LogP contribution in [0.4, 0.5) is 10.5 Å². The quantitative estimate of drug-likeness (QED) is 0.661. The number of fused-ring (bicyclic) bond motifs is 1. The van der Waals surface area contributed by atoms with Crippen LogP contribution in [0, 0.1) is 23.2 Å². The first kappa shape index (κ1) is 26.1. The number of nitriles is 1. The van der Waals surface area contributed by atoms with Crippen LogP contribution >= 0.6 is 0 Å². The minimum Gasteiger partial charge on any atom is -0.493 e. The van der Waals surface area contributed by atoms with Crippen LogP contribution in [-0.2, 0) is 9.53 Å². The van der Waals surface area contributed by atoms with Crippen molar-refractivity contribution >= 4 is 23.4 Å². The number of rotatable bonds is 4. The number of carbonyl (C=O) groups excluding carboxylic acids is 2. The molecule has 0 aliphatic carbocycles. The van der Waals surface area contributed by atoms with Gasteiger partial charge in [-0.15, -0.1) is 0 Å². The van der Waals surface area contributed by atoms with E-state index in [2.05, 4.69) is 28.2 Å². The summed E-state index contributed by atoms with van der Waals surface area (Å²) in [6.07, 6.45) is -0.589. The number of hydrogen-bond donors (Lipinski definition) is 1. The van der Waals surface area contributed by atoms with Crippen LogP contribution in [0.2, 0.25) is 0 Å². The summed E-state index contributed by atoms with van der Waals surface area (Å²) in [6.45, 7) is 5.24. The van der Waals surface area contributed by atoms with E-state index >= 15 is 0 Å². The van der Waals surface area contributed by atoms with E-state index in [1.165, 1.54) is 19.1 Å². The molecule has 2 aromatic carbocycles. The Bertz CT molecular complexity index is 1320. The molecule has 186 valence electrons. The number of benzene rings is 2. The van der Waals surface area contributed by atoms with Crippen LogP contribution in [0.15, 0.2) is 35.3 Å². The molecule has 1 N–H and O–H groups in total. The van der Waals surface area contributed by atoms with Crippen LogP contribution in [-0.4, -0.2) is 57.7 Å². The molecule has 0 fully saturated rings. The Kier molecular flexibility index (Phi) is 7.86. The van der Waals surface area contributed by atoms with Crippen LogP contribution in [0.1, 0.15) is 43.0 Å². The fourth-order valence-corrected chi connectivity index (χ4v) is 3.61. The Morgan fingerprint density at radius 2 is 1.97 bits per heavy atom. The average molecular weight is 489 g/mol. The first-order chi connectivity index (χ1) is 17.1. The van der Waals surface area contributed by atoms with Gasteiger partial charge >= 0.3 is 6.09 Å². The lowest BCUT2D eigenvalue weighted by molar-refractivity contribution is -0.116. The lowest BCUT2D eigenvalue weighted by Crippen LogP contribution is -2.32. The van der Waals surface area contributed by atoms with Gasteiger partial charge in [-0.25, -0.2) is 4.79 Å². The van der Waals surface area contributed by atoms with Gasteiger partial charge in [0.05, 0.1) is 49.4 Å². The fraction of sp³-hybridized carbons (Fsp3) is 0.333. The number of nitrogens with one attached hydrogen (secondary N) is 1. The summed E-state index contributed by atoms with van der Waals surface area (Å²) < 4.78 is 16.4. The number of nitrogens with zero attached hydrogens (tertiary/aromatic N) is 3. The highest BCUT2D eigenvalue weighted by Gasteiger charge is 2.29. The molecule has 0 saturated carbocycles. The normalized spacial score (nSPS) is 12.8. The Morgan fingerprint density at radius 1 is 1.22 bits per heavy atom. The molecule has 1 aliphatic rings. The molecule has 9 heteroatoms. The summed E-state index contributed by atoms with van der Waals surface area (Å²) in [7, 11) is 4.64. The van der Waals surface area contributed by atoms with Crippen molar-refractivity contribution in [2.75, 3.05) is 39.3 Å². The molecule has 36 heavy (non-hydrogen) atoms. The molecule has 0 atom stereocenters. The summed E-state index contributed by atoms with van der Waals surface area (Å²) in [6, 6.07) is 10.8. The molecule has 2 aromatic rings. The van der Waals surface area contributed by atoms with Crippen molar-refractivity contribution in [3.8, 4) is 29.4 Å². The predicted octanol–water partition coefficient (Wildman–Crippen LogP) is 3.27. The monoisotopic (exact) mass is 488 g/mol. The molecule has 0 saturated heterocycles. The molecule has 0 radical (unpaired) electrons. The number of benzodiazepines with no additional fused rings is 1. The Hall–Kier alpha value is -4.50. The predicted molar refractivity (Wildman–Crippen MR) is 136 cm³/mol. The number of ether oxygens (including phenoxy) is 3. The Labute approximate surface area is 210 Å². The maximum atomic E-state index is 12.8. The third-order valence-corrected chi connectivity index (χ3v) is 5.19. The third kappa shape index (κ3) is 5.76. The van der Waals surface area contributed by atoms with Gasteiger partial charge in [-0.1, -0.05) is 24.0 Å². The van der Waals surface area contributed by atoms with Crippen molar-refractivity contribution in [3.05, 3.63) is 52.6 Å². The molecular formula is C27H28N4O5. The van der Waals surface area contributed by atoms with Crippen molar-refractivity contribution in [1.82, 2.24) is 5.32 Å². The largest absolute Gasteiger partial charge is 0.493 e. The highest BCUT2D eigenvalue weighted by Crippen LogP contribution is 2.41. The highest BCUT2D eigenvalue weighted by atomic mass is 16.6. The van der Waals surface area contributed by atoms with E-state index in [4.69, 9.17) is 14.2 Å². The van der Waals surface area contributed by atoms with E-state index in [-0.39, 0.29) is 19.0 Å². The van der Waals surface area contributed by atoms with Gasteiger partial charge in [0, 0.05) is 24.2 Å². The number of alkyl carbamates (subject to hydrolysis) is 1. The van der Waals surface area contributed by atoms with Gasteiger partial charge in [-0.3, -0.25) is 9.79 Å². The summed E-state index contributed by atoms with van der Waals surface area (Å²) in [5.74, 6) is 6.51. The van der Waals surface area contributed by atoms with Gasteiger partial charge in [0.15, 0.2) is 11.5 Å². The van der Waals surface area contributed by atoms with Crippen molar-refractivity contribution in [3.63, 3.8) is 0 Å². The molecular weight excluding hydrogens is 460 g/mol. The van der Waals surface area contributed by atoms with E-state index < -0.39 is 11.7 Å². The second-order valence-corrected chi connectivity index (χ2v) is 8.85. The van der Waals surface area contributed by atoms with Gasteiger partial charge in [0.1, 0.15) is 12.1 Å². The zero-order valence-electron chi connectivity index (χ0n) is 21.2. The number of amides is 2. The standard InChI is InChI=1S/C27H28N4O5/c1-27(2,3)36-26(33)29-12-8-11-19-23-20(14-21(34-5)25(19)35-6)31(4)22(32)16-30-24(23)18-10-7-9-17(13-18)15-28/h7,9-10,13-14H,12,16H2,1-6H3,(H,29,33). The number of anilines is 1. The molecule has 0 spiro atoms. The number of likely N-dealkylation sites (N-methyl/N-ethyl adjacent to an activating group) is 1. The van der Waals surface area contributed by atoms with Crippen LogP contribution < -0.4 is 19.7 Å². The zero-order valence-corrected chi connectivity index (χ0v) is 21.2. The summed E-state index contributed by atoms with van der Waals surface area (Å²) in [5, 5.41) is 12.0. The number of methoxy groups -OCH3 is 2. The van der Waals surface area contributed by atoms with Crippen molar-refractivity contribution in [1.29, 1.82) is 5.26 Å². The summed E-state index contributed by atoms with van der Waals surface area (Å²) >= 11 is 0. The summed E-state index contributed by atoms with van der Waals surface area (Å²) in [4.78, 5) is 30.9. The maximum Gasteiger partial charge on any atom is 0.408 e. The van der Waals surface area contributed by atoms with E-state index in [0.29, 0.717) is 45.2 Å². The van der Waals surface area contributed by atoms with Gasteiger partial charge in [-0.2, -0.15) is 5.26 Å². The smallest absolute Gasteiger partial charge is 0.408 e. The van der Waals surface area contributed by atoms with Crippen molar-refractivity contribution in [2.24, 2.45) is 4.99 Å². The number of carbonyl (C=O) groups is 2. The van der Waals surface area contributed by atoms with Crippen LogP contribution in [0.5, 0.6) is 11.5 Å². The van der Waals surface area contributed by atoms with E-state index in [1.54, 1.807) is 52.1 Å². The first-order valence-electron chi connectivity index (χ1n) is 11.2. The maximum absolute atomic E-state index is 12.8. The topological polar surface area (TPSA) is 113 Å². The van der Waals surface area contributed by atoms with Crippen LogP contribution in [0.3, 0.4) is 0 Å². The molecule has 0 aromatic heterocycles.